The molecule has 0 amide bonds. The van der Waals surface area contributed by atoms with Gasteiger partial charge in [-0.15, -0.1) is 0 Å². The highest BCUT2D eigenvalue weighted by atomic mass is 16.5. The molecule has 0 spiro atoms. The van der Waals surface area contributed by atoms with Crippen molar-refractivity contribution in [2.45, 2.75) is 45.1 Å². The predicted octanol–water partition coefficient (Wildman–Crippen LogP) is 3.64. The standard InChI is InChI=1S/C19H28N2O3/c1-4-5-6-14-12-21-8-7-13-9-18(23-2)19(24-3)10-15(13)17(21)11-16(14)20-22/h9-10,14,17,22H,4-8,11-12H2,1-3H3/b20-16-. The zero-order valence-corrected chi connectivity index (χ0v) is 14.9. The van der Waals surface area contributed by atoms with Crippen LogP contribution < -0.4 is 9.47 Å². The molecule has 2 aliphatic heterocycles. The van der Waals surface area contributed by atoms with Gasteiger partial charge >= 0.3 is 0 Å². The van der Waals surface area contributed by atoms with E-state index in [9.17, 15) is 5.21 Å². The Balaban J connectivity index is 1.89. The van der Waals surface area contributed by atoms with Gasteiger partial charge in [0.2, 0.25) is 0 Å². The molecule has 1 N–H and O–H groups in total. The fourth-order valence-corrected chi connectivity index (χ4v) is 4.12. The summed E-state index contributed by atoms with van der Waals surface area (Å²) < 4.78 is 10.9. The largest absolute Gasteiger partial charge is 0.493 e. The number of methoxy groups -OCH3 is 2. The molecular formula is C19H28N2O3. The van der Waals surface area contributed by atoms with E-state index in [1.807, 2.05) is 0 Å². The van der Waals surface area contributed by atoms with Crippen LogP contribution in [0.4, 0.5) is 0 Å². The summed E-state index contributed by atoms with van der Waals surface area (Å²) in [5.74, 6) is 1.94. The first kappa shape index (κ1) is 17.1. The molecule has 1 saturated heterocycles. The van der Waals surface area contributed by atoms with Crippen molar-refractivity contribution in [3.63, 3.8) is 0 Å². The molecule has 5 heteroatoms. The van der Waals surface area contributed by atoms with E-state index in [2.05, 4.69) is 29.1 Å². The summed E-state index contributed by atoms with van der Waals surface area (Å²) in [4.78, 5) is 2.54. The van der Waals surface area contributed by atoms with E-state index in [0.717, 1.165) is 49.6 Å². The first-order valence-electron chi connectivity index (χ1n) is 8.91. The molecule has 1 aromatic rings. The monoisotopic (exact) mass is 332 g/mol. The lowest BCUT2D eigenvalue weighted by atomic mass is 9.80. The van der Waals surface area contributed by atoms with Crippen LogP contribution in [0.15, 0.2) is 17.3 Å². The fraction of sp³-hybridized carbons (Fsp3) is 0.632. The average molecular weight is 332 g/mol. The quantitative estimate of drug-likeness (QED) is 0.661. The third-order valence-corrected chi connectivity index (χ3v) is 5.48. The summed E-state index contributed by atoms with van der Waals surface area (Å²) in [6.45, 7) is 4.24. The first-order valence-corrected chi connectivity index (χ1v) is 8.91. The smallest absolute Gasteiger partial charge is 0.161 e. The van der Waals surface area contributed by atoms with Crippen LogP contribution in [0.2, 0.25) is 0 Å². The van der Waals surface area contributed by atoms with Gasteiger partial charge in [-0.3, -0.25) is 4.90 Å². The van der Waals surface area contributed by atoms with E-state index in [1.54, 1.807) is 14.2 Å². The van der Waals surface area contributed by atoms with Gasteiger partial charge in [0, 0.05) is 31.5 Å². The molecule has 5 nitrogen and oxygen atoms in total. The van der Waals surface area contributed by atoms with Crippen LogP contribution in [0, 0.1) is 5.92 Å². The Bertz CT molecular complexity index is 615. The fourth-order valence-electron chi connectivity index (χ4n) is 4.12. The lowest BCUT2D eigenvalue weighted by Gasteiger charge is -2.44. The highest BCUT2D eigenvalue weighted by molar-refractivity contribution is 5.88. The van der Waals surface area contributed by atoms with Gasteiger partial charge in [-0.25, -0.2) is 0 Å². The van der Waals surface area contributed by atoms with Crippen LogP contribution >= 0.6 is 0 Å². The van der Waals surface area contributed by atoms with Crippen LogP contribution in [0.3, 0.4) is 0 Å². The number of unbranched alkanes of at least 4 members (excludes halogenated alkanes) is 1. The second-order valence-electron chi connectivity index (χ2n) is 6.80. The normalized spacial score (nSPS) is 25.2. The van der Waals surface area contributed by atoms with E-state index in [4.69, 9.17) is 9.47 Å². The number of nitrogens with zero attached hydrogens (tertiary/aromatic N) is 2. The van der Waals surface area contributed by atoms with Crippen LogP contribution in [0.25, 0.3) is 0 Å². The maximum atomic E-state index is 9.51. The number of hydrogen-bond acceptors (Lipinski definition) is 5. The van der Waals surface area contributed by atoms with Crippen LogP contribution in [-0.2, 0) is 6.42 Å². The molecule has 1 aromatic carbocycles. The van der Waals surface area contributed by atoms with Crippen molar-refractivity contribution >= 4 is 5.71 Å². The number of ether oxygens (including phenoxy) is 2. The summed E-state index contributed by atoms with van der Waals surface area (Å²) in [6, 6.07) is 4.48. The molecule has 2 heterocycles. The minimum absolute atomic E-state index is 0.275. The first-order chi connectivity index (χ1) is 11.7. The molecular weight excluding hydrogens is 304 g/mol. The highest BCUT2D eigenvalue weighted by Crippen LogP contribution is 2.42. The number of oxime groups is 1. The number of piperidine rings is 1. The Kier molecular flexibility index (Phi) is 5.29. The van der Waals surface area contributed by atoms with Crippen LogP contribution in [-0.4, -0.2) is 43.1 Å². The van der Waals surface area contributed by atoms with Gasteiger partial charge in [0.05, 0.1) is 19.9 Å². The second-order valence-corrected chi connectivity index (χ2v) is 6.80. The SMILES string of the molecule is CCCCC1CN2CCc3cc(OC)c(OC)cc3C2C/C1=N/O. The lowest BCUT2D eigenvalue weighted by molar-refractivity contribution is 0.147. The third-order valence-electron chi connectivity index (χ3n) is 5.48. The Labute approximate surface area is 144 Å². The summed E-state index contributed by atoms with van der Waals surface area (Å²) in [6.07, 6.45) is 5.30. The number of benzene rings is 1. The minimum atomic E-state index is 0.275. The van der Waals surface area contributed by atoms with Crippen LogP contribution in [0.5, 0.6) is 11.5 Å². The van der Waals surface area contributed by atoms with Gasteiger partial charge in [-0.2, -0.15) is 0 Å². The molecule has 0 saturated carbocycles. The molecule has 2 atom stereocenters. The lowest BCUT2D eigenvalue weighted by Crippen LogP contribution is -2.46. The zero-order valence-electron chi connectivity index (χ0n) is 14.9. The highest BCUT2D eigenvalue weighted by Gasteiger charge is 2.37. The van der Waals surface area contributed by atoms with E-state index in [1.165, 1.54) is 24.0 Å². The Morgan fingerprint density at radius 1 is 1.25 bits per heavy atom. The van der Waals surface area contributed by atoms with Gasteiger partial charge in [0.15, 0.2) is 11.5 Å². The molecule has 2 aliphatic rings. The molecule has 3 rings (SSSR count). The van der Waals surface area contributed by atoms with Gasteiger partial charge in [0.25, 0.3) is 0 Å². The molecule has 0 radical (unpaired) electrons. The van der Waals surface area contributed by atoms with Crippen molar-refractivity contribution in [2.24, 2.45) is 11.1 Å². The zero-order chi connectivity index (χ0) is 17.1. The Hall–Kier alpha value is -1.75. The van der Waals surface area contributed by atoms with Gasteiger partial charge < -0.3 is 14.7 Å². The van der Waals surface area contributed by atoms with Crippen molar-refractivity contribution in [3.8, 4) is 11.5 Å². The molecule has 24 heavy (non-hydrogen) atoms. The van der Waals surface area contributed by atoms with E-state index < -0.39 is 0 Å². The second kappa shape index (κ2) is 7.43. The average Bonchev–Trinajstić information content (AvgIpc) is 2.63. The van der Waals surface area contributed by atoms with E-state index in [0.29, 0.717) is 5.92 Å². The summed E-state index contributed by atoms with van der Waals surface area (Å²) in [5, 5.41) is 13.2. The number of fused-ring (bicyclic) bond motifs is 3. The van der Waals surface area contributed by atoms with Gasteiger partial charge in [-0.05, 0) is 36.1 Å². The number of hydrogen-bond donors (Lipinski definition) is 1. The van der Waals surface area contributed by atoms with E-state index >= 15 is 0 Å². The molecule has 1 fully saturated rings. The van der Waals surface area contributed by atoms with E-state index in [-0.39, 0.29) is 6.04 Å². The van der Waals surface area contributed by atoms with Crippen molar-refractivity contribution in [3.05, 3.63) is 23.3 Å². The van der Waals surface area contributed by atoms with Crippen LogP contribution in [0.1, 0.15) is 49.8 Å². The van der Waals surface area contributed by atoms with Crippen molar-refractivity contribution < 1.29 is 14.7 Å². The Morgan fingerprint density at radius 2 is 2.00 bits per heavy atom. The molecule has 0 aliphatic carbocycles. The van der Waals surface area contributed by atoms with Gasteiger partial charge in [-0.1, -0.05) is 24.9 Å². The molecule has 132 valence electrons. The summed E-state index contributed by atoms with van der Waals surface area (Å²) in [7, 11) is 3.35. The summed E-state index contributed by atoms with van der Waals surface area (Å²) in [5.41, 5.74) is 3.56. The Morgan fingerprint density at radius 3 is 2.67 bits per heavy atom. The number of rotatable bonds is 5. The van der Waals surface area contributed by atoms with Gasteiger partial charge in [0.1, 0.15) is 0 Å². The third kappa shape index (κ3) is 3.09. The van der Waals surface area contributed by atoms with Crippen molar-refractivity contribution in [2.75, 3.05) is 27.3 Å². The molecule has 0 aromatic heterocycles. The maximum Gasteiger partial charge on any atom is 0.161 e. The minimum Gasteiger partial charge on any atom is -0.493 e. The van der Waals surface area contributed by atoms with Crippen molar-refractivity contribution in [1.82, 2.24) is 4.90 Å². The van der Waals surface area contributed by atoms with Crippen molar-refractivity contribution in [1.29, 1.82) is 0 Å². The molecule has 0 bridgehead atoms. The maximum absolute atomic E-state index is 9.51. The topological polar surface area (TPSA) is 54.3 Å². The molecule has 2 unspecified atom stereocenters. The predicted molar refractivity (Wildman–Crippen MR) is 94.4 cm³/mol. The summed E-state index contributed by atoms with van der Waals surface area (Å²) >= 11 is 0.